The zero-order chi connectivity index (χ0) is 31.5. The quantitative estimate of drug-likeness (QED) is 0.163. The molecule has 2 spiro atoms. The Hall–Kier alpha value is -1.18. The topological polar surface area (TPSA) is 113 Å². The molecule has 10 fully saturated rings. The van der Waals surface area contributed by atoms with Crippen LogP contribution in [0, 0.1) is 47.3 Å². The zero-order valence-electron chi connectivity index (χ0n) is 27.8. The Bertz CT molecular complexity index is 1230. The third kappa shape index (κ3) is 4.51. The van der Waals surface area contributed by atoms with Crippen LogP contribution in [0.4, 0.5) is 0 Å². The summed E-state index contributed by atoms with van der Waals surface area (Å²) in [5, 5.41) is 4.50. The fourth-order valence-corrected chi connectivity index (χ4v) is 11.0. The molecule has 8 saturated heterocycles. The molecular weight excluding hydrogens is 582 g/mol. The first-order valence-corrected chi connectivity index (χ1v) is 17.5. The molecular formula is C34H51NO10. The van der Waals surface area contributed by atoms with Gasteiger partial charge in [-0.3, -0.25) is 0 Å². The van der Waals surface area contributed by atoms with E-state index in [0.29, 0.717) is 24.0 Å². The monoisotopic (exact) mass is 633 g/mol. The van der Waals surface area contributed by atoms with Crippen molar-refractivity contribution >= 4 is 11.7 Å². The van der Waals surface area contributed by atoms with Gasteiger partial charge in [0.15, 0.2) is 23.8 Å². The molecule has 11 nitrogen and oxygen atoms in total. The summed E-state index contributed by atoms with van der Waals surface area (Å²) in [6.07, 6.45) is 6.16. The van der Waals surface area contributed by atoms with E-state index in [-0.39, 0.29) is 41.6 Å². The van der Waals surface area contributed by atoms with E-state index in [1.165, 1.54) is 6.92 Å². The van der Waals surface area contributed by atoms with E-state index in [1.54, 1.807) is 0 Å². The summed E-state index contributed by atoms with van der Waals surface area (Å²) in [7, 11) is 0. The maximum atomic E-state index is 12.1. The van der Waals surface area contributed by atoms with Gasteiger partial charge in [0, 0.05) is 38.0 Å². The molecule has 0 amide bonds. The first-order chi connectivity index (χ1) is 21.4. The molecule has 8 aliphatic heterocycles. The molecule has 252 valence electrons. The number of ether oxygens (including phenoxy) is 4. The van der Waals surface area contributed by atoms with Gasteiger partial charge in [0.2, 0.25) is 11.6 Å². The highest BCUT2D eigenvalue weighted by molar-refractivity contribution is 5.90. The molecule has 0 N–H and O–H groups in total. The Morgan fingerprint density at radius 3 is 1.80 bits per heavy atom. The predicted molar refractivity (Wildman–Crippen MR) is 157 cm³/mol. The molecule has 0 aromatic heterocycles. The van der Waals surface area contributed by atoms with Crippen LogP contribution in [0.1, 0.15) is 106 Å². The summed E-state index contributed by atoms with van der Waals surface area (Å²) >= 11 is 0. The molecule has 11 heteroatoms. The maximum Gasteiger partial charge on any atom is 0.331 e. The molecule has 8 heterocycles. The van der Waals surface area contributed by atoms with Gasteiger partial charge in [-0.15, -0.1) is 0 Å². The van der Waals surface area contributed by atoms with Crippen LogP contribution in [0.3, 0.4) is 0 Å². The molecule has 45 heavy (non-hydrogen) atoms. The summed E-state index contributed by atoms with van der Waals surface area (Å²) in [6, 6.07) is 0. The van der Waals surface area contributed by atoms with Gasteiger partial charge in [0.25, 0.3) is 0 Å². The molecule has 0 aromatic rings. The Kier molecular flexibility index (Phi) is 7.37. The molecule has 0 aromatic carbocycles. The first-order valence-electron chi connectivity index (χ1n) is 17.5. The number of hydrogen-bond acceptors (Lipinski definition) is 11. The van der Waals surface area contributed by atoms with Gasteiger partial charge in [-0.1, -0.05) is 32.9 Å². The van der Waals surface area contributed by atoms with Crippen molar-refractivity contribution in [3.8, 4) is 0 Å². The Balaban J connectivity index is 1.12. The van der Waals surface area contributed by atoms with Crippen molar-refractivity contribution in [3.05, 3.63) is 0 Å². The largest absolute Gasteiger partial charge is 0.345 e. The van der Waals surface area contributed by atoms with Crippen molar-refractivity contribution in [2.75, 3.05) is 0 Å². The van der Waals surface area contributed by atoms with Crippen LogP contribution in [0.2, 0.25) is 0 Å². The van der Waals surface area contributed by atoms with E-state index < -0.39 is 47.4 Å². The van der Waals surface area contributed by atoms with Crippen LogP contribution < -0.4 is 0 Å². The third-order valence-electron chi connectivity index (χ3n) is 13.5. The number of hydrogen-bond donors (Lipinski definition) is 0. The molecule has 2 unspecified atom stereocenters. The highest BCUT2D eigenvalue weighted by atomic mass is 17.3. The number of carbonyl (C=O) groups is 1. The first kappa shape index (κ1) is 31.1. The lowest BCUT2D eigenvalue weighted by molar-refractivity contribution is -0.571. The van der Waals surface area contributed by atoms with Crippen molar-refractivity contribution in [3.63, 3.8) is 0 Å². The van der Waals surface area contributed by atoms with Crippen LogP contribution in [0.5, 0.6) is 0 Å². The van der Waals surface area contributed by atoms with E-state index in [2.05, 4.69) is 32.9 Å². The maximum absolute atomic E-state index is 12.1. The molecule has 10 rings (SSSR count). The van der Waals surface area contributed by atoms with Crippen LogP contribution in [-0.4, -0.2) is 59.2 Å². The third-order valence-corrected chi connectivity index (χ3v) is 13.5. The summed E-state index contributed by atoms with van der Waals surface area (Å²) < 4.78 is 27.1. The van der Waals surface area contributed by atoms with Gasteiger partial charge in [-0.05, 0) is 87.9 Å². The lowest BCUT2D eigenvalue weighted by Crippen LogP contribution is -2.71. The molecule has 4 bridgehead atoms. The standard InChI is InChI=1S/C34H51NO10/c1-17-8-10-24-19(3)27(37-29-33(24)22(17)12-14-31(6,39-29)42-44-33)16-26(35-41-21(5)36)28-20(4)25-11-9-18(2)23-13-15-32(7)40-30(38-28)34(23,25)45-43-32/h17-20,22-25,27-30H,8-16H2,1-7H3/b35-26-/t17-,18-,19-,20-,22+,23+,24+,25+,27-,28+,29-,30-,31+,32+,33?,34?/m1/s1. The molecule has 2 saturated carbocycles. The number of rotatable bonds is 4. The van der Waals surface area contributed by atoms with Crippen LogP contribution in [0.25, 0.3) is 0 Å². The SMILES string of the molecule is CC(=O)O/N=C(/C[C@H]1O[C@@H]2O[C@]3(C)CC[C@H]4[C@H](C)CC[C@@H]([C@H]1C)C24OO3)[C@H]1O[C@@H]2O[C@]3(C)CC[C@H]4[C@H](C)CC[C@@H]([C@H]1C)C24OO3. The van der Waals surface area contributed by atoms with E-state index in [1.807, 2.05) is 13.8 Å². The minimum atomic E-state index is -0.881. The van der Waals surface area contributed by atoms with Crippen molar-refractivity contribution in [1.82, 2.24) is 0 Å². The van der Waals surface area contributed by atoms with Crippen LogP contribution in [-0.2, 0) is 48.1 Å². The zero-order valence-corrected chi connectivity index (χ0v) is 27.8. The highest BCUT2D eigenvalue weighted by Crippen LogP contribution is 2.63. The average Bonchev–Trinajstić information content (AvgIpc) is 3.37. The number of fused-ring (bicyclic) bond motifs is 4. The van der Waals surface area contributed by atoms with Crippen LogP contribution >= 0.6 is 0 Å². The van der Waals surface area contributed by atoms with Crippen molar-refractivity contribution in [2.45, 2.75) is 154 Å². The van der Waals surface area contributed by atoms with E-state index in [9.17, 15) is 4.79 Å². The Morgan fingerprint density at radius 2 is 1.24 bits per heavy atom. The van der Waals surface area contributed by atoms with Crippen molar-refractivity contribution in [1.29, 1.82) is 0 Å². The minimum Gasteiger partial charge on any atom is -0.345 e. The lowest BCUT2D eigenvalue weighted by atomic mass is 9.56. The molecule has 0 radical (unpaired) electrons. The Labute approximate surface area is 266 Å². The summed E-state index contributed by atoms with van der Waals surface area (Å²) in [5.41, 5.74) is -0.690. The fraction of sp³-hybridized carbons (Fsp3) is 0.941. The predicted octanol–water partition coefficient (Wildman–Crippen LogP) is 5.80. The normalized spacial score (nSPS) is 56.9. The minimum absolute atomic E-state index is 0.00570. The van der Waals surface area contributed by atoms with Gasteiger partial charge < -0.3 is 23.8 Å². The van der Waals surface area contributed by atoms with Gasteiger partial charge >= 0.3 is 5.97 Å². The van der Waals surface area contributed by atoms with Gasteiger partial charge in [0.1, 0.15) is 6.10 Å². The summed E-state index contributed by atoms with van der Waals surface area (Å²) in [4.78, 5) is 42.3. The lowest BCUT2D eigenvalue weighted by Gasteiger charge is -2.61. The van der Waals surface area contributed by atoms with Crippen LogP contribution in [0.15, 0.2) is 5.16 Å². The van der Waals surface area contributed by atoms with E-state index in [4.69, 9.17) is 43.3 Å². The second-order valence-corrected chi connectivity index (χ2v) is 16.1. The molecule has 2 aliphatic carbocycles. The molecule has 10 aliphatic rings. The van der Waals surface area contributed by atoms with Crippen molar-refractivity contribution in [2.24, 2.45) is 52.5 Å². The highest BCUT2D eigenvalue weighted by Gasteiger charge is 2.71. The van der Waals surface area contributed by atoms with Gasteiger partial charge in [-0.25, -0.2) is 24.3 Å². The van der Waals surface area contributed by atoms with Gasteiger partial charge in [0.05, 0.1) is 11.8 Å². The average molecular weight is 634 g/mol. The summed E-state index contributed by atoms with van der Waals surface area (Å²) in [6.45, 7) is 14.3. The van der Waals surface area contributed by atoms with Crippen molar-refractivity contribution < 1.29 is 48.1 Å². The van der Waals surface area contributed by atoms with E-state index in [0.717, 1.165) is 51.4 Å². The molecule has 16 atom stereocenters. The number of oxime groups is 1. The second kappa shape index (κ2) is 10.7. The number of nitrogens with zero attached hydrogens (tertiary/aromatic N) is 1. The Morgan fingerprint density at radius 1 is 0.711 bits per heavy atom. The van der Waals surface area contributed by atoms with Gasteiger partial charge in [-0.2, -0.15) is 0 Å². The second-order valence-electron chi connectivity index (χ2n) is 16.1. The summed E-state index contributed by atoms with van der Waals surface area (Å²) in [5.74, 6) is -0.299. The number of carbonyl (C=O) groups excluding carboxylic acids is 1. The smallest absolute Gasteiger partial charge is 0.331 e. The van der Waals surface area contributed by atoms with E-state index >= 15 is 0 Å². The fourth-order valence-electron chi connectivity index (χ4n) is 11.0.